The molecule has 2 aromatic carbocycles. The number of phenols is 1. The highest BCUT2D eigenvalue weighted by Crippen LogP contribution is 2.43. The van der Waals surface area contributed by atoms with Crippen LogP contribution in [0.25, 0.3) is 0 Å². The average Bonchev–Trinajstić information content (AvgIpc) is 2.74. The molecule has 0 radical (unpaired) electrons. The number of halogens is 1. The van der Waals surface area contributed by atoms with Crippen molar-refractivity contribution in [1.29, 1.82) is 0 Å². The van der Waals surface area contributed by atoms with Gasteiger partial charge in [0.15, 0.2) is 6.29 Å². The molecule has 3 rings (SSSR count). The number of rotatable bonds is 9. The predicted octanol–water partition coefficient (Wildman–Crippen LogP) is 6.04. The Kier molecular flexibility index (Phi) is 8.31. The molecule has 30 heavy (non-hydrogen) atoms. The average molecular weight is 431 g/mol. The number of benzene rings is 2. The molecule has 0 aromatic heterocycles. The third kappa shape index (κ3) is 6.08. The van der Waals surface area contributed by atoms with Gasteiger partial charge in [-0.3, -0.25) is 4.79 Å². The number of carbonyl (C=O) groups is 1. The van der Waals surface area contributed by atoms with Crippen molar-refractivity contribution < 1.29 is 24.5 Å². The summed E-state index contributed by atoms with van der Waals surface area (Å²) in [5, 5.41) is 19.7. The lowest BCUT2D eigenvalue weighted by molar-refractivity contribution is -0.244. The zero-order chi connectivity index (χ0) is 21.3. The number of phenolic OH excluding ortho intramolecular Hbond substituents is 1. The molecule has 160 valence electrons. The Balaban J connectivity index is 1.67. The van der Waals surface area contributed by atoms with Crippen molar-refractivity contribution in [2.24, 2.45) is 5.92 Å². The molecule has 1 aliphatic heterocycles. The van der Waals surface area contributed by atoms with Crippen LogP contribution in [-0.2, 0) is 14.3 Å². The summed E-state index contributed by atoms with van der Waals surface area (Å²) in [6.07, 6.45) is 6.52. The Morgan fingerprint density at radius 2 is 1.80 bits per heavy atom. The minimum absolute atomic E-state index is 0.0345. The minimum Gasteiger partial charge on any atom is -0.508 e. The highest BCUT2D eigenvalue weighted by Gasteiger charge is 2.35. The van der Waals surface area contributed by atoms with E-state index in [1.54, 1.807) is 18.2 Å². The van der Waals surface area contributed by atoms with Crippen LogP contribution in [0.1, 0.15) is 55.6 Å². The van der Waals surface area contributed by atoms with Crippen LogP contribution in [0, 0.1) is 5.92 Å². The second kappa shape index (κ2) is 11.2. The summed E-state index contributed by atoms with van der Waals surface area (Å²) in [6.45, 7) is 0.470. The van der Waals surface area contributed by atoms with Crippen LogP contribution < -0.4 is 0 Å². The van der Waals surface area contributed by atoms with Crippen molar-refractivity contribution in [1.82, 2.24) is 0 Å². The van der Waals surface area contributed by atoms with Crippen molar-refractivity contribution in [3.63, 3.8) is 0 Å². The molecule has 6 heteroatoms. The zero-order valence-corrected chi connectivity index (χ0v) is 17.5. The summed E-state index contributed by atoms with van der Waals surface area (Å²) in [6, 6.07) is 14.6. The Hall–Kier alpha value is -2.34. The number of carboxylic acid groups (broad SMARTS) is 1. The van der Waals surface area contributed by atoms with Crippen LogP contribution in [0.3, 0.4) is 0 Å². The molecule has 0 amide bonds. The summed E-state index contributed by atoms with van der Waals surface area (Å²) in [5.41, 5.74) is 1.50. The van der Waals surface area contributed by atoms with E-state index in [0.717, 1.165) is 30.4 Å². The van der Waals surface area contributed by atoms with Crippen molar-refractivity contribution >= 4 is 17.6 Å². The molecule has 0 saturated carbocycles. The molecule has 2 N–H and O–H groups in total. The van der Waals surface area contributed by atoms with Crippen molar-refractivity contribution in [2.75, 3.05) is 6.61 Å². The fourth-order valence-corrected chi connectivity index (χ4v) is 3.81. The predicted molar refractivity (Wildman–Crippen MR) is 115 cm³/mol. The van der Waals surface area contributed by atoms with Crippen molar-refractivity contribution in [2.45, 2.75) is 44.5 Å². The molecule has 0 aliphatic carbocycles. The van der Waals surface area contributed by atoms with Gasteiger partial charge < -0.3 is 19.7 Å². The molecule has 0 bridgehead atoms. The molecule has 2 aromatic rings. The van der Waals surface area contributed by atoms with E-state index in [9.17, 15) is 9.90 Å². The Morgan fingerprint density at radius 3 is 2.53 bits per heavy atom. The van der Waals surface area contributed by atoms with Gasteiger partial charge in [-0.15, -0.1) is 0 Å². The first-order valence-electron chi connectivity index (χ1n) is 10.2. The van der Waals surface area contributed by atoms with Crippen LogP contribution in [-0.4, -0.2) is 22.8 Å². The monoisotopic (exact) mass is 430 g/mol. The van der Waals surface area contributed by atoms with Gasteiger partial charge >= 0.3 is 5.97 Å². The Labute approximate surface area is 181 Å². The van der Waals surface area contributed by atoms with Crippen LogP contribution in [0.5, 0.6) is 5.75 Å². The smallest absolute Gasteiger partial charge is 0.303 e. The summed E-state index contributed by atoms with van der Waals surface area (Å²) < 4.78 is 12.3. The maximum Gasteiger partial charge on any atom is 0.303 e. The summed E-state index contributed by atoms with van der Waals surface area (Å²) in [7, 11) is 0. The topological polar surface area (TPSA) is 76.0 Å². The first-order chi connectivity index (χ1) is 14.6. The van der Waals surface area contributed by atoms with Crippen LogP contribution in [0.15, 0.2) is 60.7 Å². The normalized spacial score (nSPS) is 21.7. The molecular weight excluding hydrogens is 404 g/mol. The second-order valence-corrected chi connectivity index (χ2v) is 7.82. The number of unbranched alkanes of at least 4 members (excludes halogenated alkanes) is 2. The van der Waals surface area contributed by atoms with Crippen molar-refractivity contribution in [3.8, 4) is 5.75 Å². The zero-order valence-electron chi connectivity index (χ0n) is 16.7. The van der Waals surface area contributed by atoms with E-state index >= 15 is 0 Å². The molecule has 0 spiro atoms. The second-order valence-electron chi connectivity index (χ2n) is 7.41. The Bertz CT molecular complexity index is 866. The molecule has 5 nitrogen and oxygen atoms in total. The lowest BCUT2D eigenvalue weighted by Crippen LogP contribution is -2.30. The van der Waals surface area contributed by atoms with Gasteiger partial charge in [0.25, 0.3) is 0 Å². The van der Waals surface area contributed by atoms with Gasteiger partial charge in [-0.1, -0.05) is 60.2 Å². The van der Waals surface area contributed by atoms with Gasteiger partial charge in [0.05, 0.1) is 12.7 Å². The number of allylic oxidation sites excluding steroid dienone is 2. The van der Waals surface area contributed by atoms with E-state index in [2.05, 4.69) is 12.2 Å². The quantitative estimate of drug-likeness (QED) is 0.374. The van der Waals surface area contributed by atoms with Gasteiger partial charge in [0.1, 0.15) is 5.75 Å². The van der Waals surface area contributed by atoms with Crippen molar-refractivity contribution in [3.05, 3.63) is 76.8 Å². The van der Waals surface area contributed by atoms with E-state index in [4.69, 9.17) is 26.2 Å². The number of aliphatic carboxylic acids is 1. The van der Waals surface area contributed by atoms with Gasteiger partial charge in [0.2, 0.25) is 0 Å². The maximum atomic E-state index is 10.6. The third-order valence-electron chi connectivity index (χ3n) is 5.18. The number of hydrogen-bond donors (Lipinski definition) is 2. The lowest BCUT2D eigenvalue weighted by Gasteiger charge is -2.37. The van der Waals surface area contributed by atoms with E-state index < -0.39 is 12.3 Å². The van der Waals surface area contributed by atoms with Gasteiger partial charge in [-0.2, -0.15) is 0 Å². The third-order valence-corrected chi connectivity index (χ3v) is 5.52. The van der Waals surface area contributed by atoms with Crippen LogP contribution in [0.4, 0.5) is 0 Å². The number of para-hydroxylation sites is 1. The number of ether oxygens (including phenoxy) is 2. The highest BCUT2D eigenvalue weighted by atomic mass is 35.5. The van der Waals surface area contributed by atoms with Gasteiger partial charge in [-0.05, 0) is 37.8 Å². The number of carboxylic acids is 1. The van der Waals surface area contributed by atoms with E-state index in [0.29, 0.717) is 18.1 Å². The standard InChI is InChI=1S/C24H27ClO5/c25-20-13-8-6-11-18(20)24-29-16-17(10-4-2-1-3-5-15-22(27)28)23(30-24)19-12-7-9-14-21(19)26/h2,4,6-9,11-14,17,23-24,26H,1,3,5,10,15-16H2,(H,27,28)/t17-,23+,24+/m1/s1. The minimum atomic E-state index is -0.755. The molecule has 1 heterocycles. The molecule has 1 saturated heterocycles. The largest absolute Gasteiger partial charge is 0.508 e. The summed E-state index contributed by atoms with van der Waals surface area (Å²) >= 11 is 6.33. The first-order valence-corrected chi connectivity index (χ1v) is 10.6. The first kappa shape index (κ1) is 22.3. The number of hydrogen-bond acceptors (Lipinski definition) is 4. The van der Waals surface area contributed by atoms with Crippen LogP contribution in [0.2, 0.25) is 5.02 Å². The number of aromatic hydroxyl groups is 1. The van der Waals surface area contributed by atoms with Gasteiger partial charge in [0, 0.05) is 28.5 Å². The fraction of sp³-hybridized carbons (Fsp3) is 0.375. The maximum absolute atomic E-state index is 10.6. The SMILES string of the molecule is O=C(O)CCCCC=CC[C@@H]1CO[C@H](c2ccccc2Cl)O[C@@H]1c1ccccc1O. The molecular formula is C24H27ClO5. The molecule has 3 atom stereocenters. The molecule has 1 aliphatic rings. The highest BCUT2D eigenvalue weighted by molar-refractivity contribution is 6.31. The van der Waals surface area contributed by atoms with Crippen LogP contribution >= 0.6 is 11.6 Å². The van der Waals surface area contributed by atoms with E-state index in [1.807, 2.05) is 30.3 Å². The molecule has 0 unspecified atom stereocenters. The molecule has 1 fully saturated rings. The fourth-order valence-electron chi connectivity index (χ4n) is 3.59. The summed E-state index contributed by atoms with van der Waals surface area (Å²) in [5.74, 6) is -0.522. The van der Waals surface area contributed by atoms with Gasteiger partial charge in [-0.25, -0.2) is 0 Å². The van der Waals surface area contributed by atoms with E-state index in [-0.39, 0.29) is 24.2 Å². The Morgan fingerprint density at radius 1 is 1.07 bits per heavy atom. The lowest BCUT2D eigenvalue weighted by atomic mass is 9.91. The summed E-state index contributed by atoms with van der Waals surface area (Å²) in [4.78, 5) is 10.6. The van der Waals surface area contributed by atoms with E-state index in [1.165, 1.54) is 0 Å².